The summed E-state index contributed by atoms with van der Waals surface area (Å²) in [5, 5.41) is 13.6. The highest BCUT2D eigenvalue weighted by Crippen LogP contribution is 2.43. The zero-order valence-corrected chi connectivity index (χ0v) is 21.5. The molecule has 6 N–H and O–H groups in total. The number of anilines is 2. The molecule has 9 nitrogen and oxygen atoms in total. The molecular weight excluding hydrogens is 531 g/mol. The lowest BCUT2D eigenvalue weighted by molar-refractivity contribution is -0.136. The van der Waals surface area contributed by atoms with Crippen LogP contribution in [0.1, 0.15) is 39.9 Å². The Kier molecular flexibility index (Phi) is 7.38. The number of carbonyl (C=O) groups excluding carboxylic acids is 1. The first-order valence-electron chi connectivity index (χ1n) is 12.2. The minimum atomic E-state index is -4.68. The number of amides is 1. The molecule has 1 unspecified atom stereocenters. The van der Waals surface area contributed by atoms with Gasteiger partial charge in [0.1, 0.15) is 21.6 Å². The van der Waals surface area contributed by atoms with Crippen LogP contribution >= 0.6 is 11.3 Å². The fourth-order valence-electron chi connectivity index (χ4n) is 4.68. The van der Waals surface area contributed by atoms with Crippen LogP contribution in [-0.2, 0) is 6.18 Å². The van der Waals surface area contributed by atoms with Crippen molar-refractivity contribution >= 4 is 39.0 Å². The summed E-state index contributed by atoms with van der Waals surface area (Å²) in [7, 11) is 0. The Labute approximate surface area is 225 Å². The number of halogens is 3. The van der Waals surface area contributed by atoms with E-state index in [-0.39, 0.29) is 39.2 Å². The first-order chi connectivity index (χ1) is 18.6. The van der Waals surface area contributed by atoms with Gasteiger partial charge in [0.05, 0.1) is 16.9 Å². The van der Waals surface area contributed by atoms with Gasteiger partial charge in [-0.3, -0.25) is 14.8 Å². The number of thiophene rings is 1. The number of fused-ring (bicyclic) bond motifs is 1. The summed E-state index contributed by atoms with van der Waals surface area (Å²) >= 11 is 0.763. The maximum atomic E-state index is 13.9. The van der Waals surface area contributed by atoms with Gasteiger partial charge in [0.25, 0.3) is 5.91 Å². The van der Waals surface area contributed by atoms with Crippen LogP contribution in [0.5, 0.6) is 0 Å². The number of primary amides is 1. The van der Waals surface area contributed by atoms with Gasteiger partial charge in [-0.15, -0.1) is 11.3 Å². The molecule has 1 atom stereocenters. The fourth-order valence-corrected chi connectivity index (χ4v) is 5.65. The zero-order valence-electron chi connectivity index (χ0n) is 20.7. The van der Waals surface area contributed by atoms with E-state index in [2.05, 4.69) is 20.3 Å². The van der Waals surface area contributed by atoms with E-state index in [4.69, 9.17) is 11.5 Å². The summed E-state index contributed by atoms with van der Waals surface area (Å²) < 4.78 is 41.7. The Balaban J connectivity index is 1.22. The summed E-state index contributed by atoms with van der Waals surface area (Å²) in [6.07, 6.45) is 0.920. The lowest BCUT2D eigenvalue weighted by atomic mass is 10.0. The molecule has 1 amide bonds. The molecule has 204 valence electrons. The van der Waals surface area contributed by atoms with Crippen LogP contribution < -0.4 is 21.7 Å². The van der Waals surface area contributed by atoms with E-state index in [0.29, 0.717) is 31.6 Å². The molecule has 1 aliphatic rings. The van der Waals surface area contributed by atoms with Gasteiger partial charge in [0.15, 0.2) is 0 Å². The smallest absolute Gasteiger partial charge is 0.397 e. The van der Waals surface area contributed by atoms with Gasteiger partial charge in [-0.05, 0) is 31.0 Å². The number of aromatic nitrogens is 3. The number of rotatable bonds is 7. The minimum Gasteiger partial charge on any atom is -0.397 e. The average Bonchev–Trinajstić information content (AvgIpc) is 3.28. The van der Waals surface area contributed by atoms with Gasteiger partial charge in [0.2, 0.25) is 0 Å². The molecule has 0 aliphatic carbocycles. The molecule has 0 bridgehead atoms. The molecule has 0 aromatic carbocycles. The lowest BCUT2D eigenvalue weighted by Gasteiger charge is -2.34. The molecule has 39 heavy (non-hydrogen) atoms. The largest absolute Gasteiger partial charge is 0.417 e. The Morgan fingerprint density at radius 3 is 2.56 bits per heavy atom. The fraction of sp³-hybridized carbons (Fsp3) is 0.308. The predicted molar refractivity (Wildman–Crippen MR) is 143 cm³/mol. The maximum Gasteiger partial charge on any atom is 0.417 e. The molecule has 1 fully saturated rings. The van der Waals surface area contributed by atoms with Crippen LogP contribution in [0.3, 0.4) is 0 Å². The number of piperidine rings is 1. The van der Waals surface area contributed by atoms with Crippen molar-refractivity contribution in [2.75, 3.05) is 30.3 Å². The number of nitrogens with one attached hydrogen (secondary N) is 1. The Hall–Kier alpha value is -3.81. The molecule has 5 rings (SSSR count). The van der Waals surface area contributed by atoms with Gasteiger partial charge in [-0.2, -0.15) is 13.2 Å². The second-order valence-electron chi connectivity index (χ2n) is 9.31. The van der Waals surface area contributed by atoms with Crippen molar-refractivity contribution in [3.63, 3.8) is 0 Å². The quantitative estimate of drug-likeness (QED) is 0.269. The number of carbonyl (C=O) groups is 1. The number of hydrogen-bond acceptors (Lipinski definition) is 9. The number of alkyl halides is 3. The van der Waals surface area contributed by atoms with Crippen molar-refractivity contribution in [2.24, 2.45) is 5.73 Å². The van der Waals surface area contributed by atoms with E-state index in [0.717, 1.165) is 28.5 Å². The molecule has 4 aromatic rings. The van der Waals surface area contributed by atoms with E-state index in [1.165, 1.54) is 0 Å². The average molecular weight is 558 g/mol. The van der Waals surface area contributed by atoms with E-state index in [1.54, 1.807) is 29.6 Å². The summed E-state index contributed by atoms with van der Waals surface area (Å²) in [5.41, 5.74) is 12.3. The molecule has 1 saturated heterocycles. The summed E-state index contributed by atoms with van der Waals surface area (Å²) in [6, 6.07) is 8.48. The molecular formula is C26H26F3N7O2S. The predicted octanol–water partition coefficient (Wildman–Crippen LogP) is 3.75. The molecule has 1 aliphatic heterocycles. The second-order valence-corrected chi connectivity index (χ2v) is 10.3. The number of nitrogens with two attached hydrogens (primary N) is 2. The van der Waals surface area contributed by atoms with Crippen molar-refractivity contribution in [1.29, 1.82) is 0 Å². The van der Waals surface area contributed by atoms with Crippen molar-refractivity contribution in [3.05, 3.63) is 65.1 Å². The number of aliphatic hydroxyl groups excluding tert-OH is 1. The van der Waals surface area contributed by atoms with E-state index in [1.807, 2.05) is 18.2 Å². The highest BCUT2D eigenvalue weighted by molar-refractivity contribution is 7.21. The van der Waals surface area contributed by atoms with Gasteiger partial charge < -0.3 is 26.8 Å². The van der Waals surface area contributed by atoms with Crippen LogP contribution in [0.2, 0.25) is 0 Å². The molecule has 0 radical (unpaired) electrons. The first-order valence-corrected chi connectivity index (χ1v) is 13.1. The Morgan fingerprint density at radius 2 is 1.95 bits per heavy atom. The zero-order chi connectivity index (χ0) is 27.7. The second kappa shape index (κ2) is 10.8. The number of nitrogens with zero attached hydrogens (tertiary/aromatic N) is 4. The third kappa shape index (κ3) is 5.65. The summed E-state index contributed by atoms with van der Waals surface area (Å²) in [4.78, 5) is 26.2. The van der Waals surface area contributed by atoms with Crippen LogP contribution in [0.15, 0.2) is 48.9 Å². The van der Waals surface area contributed by atoms with Gasteiger partial charge in [-0.1, -0.05) is 12.1 Å². The number of pyridine rings is 3. The molecule has 13 heteroatoms. The topological polar surface area (TPSA) is 143 Å². The Morgan fingerprint density at radius 1 is 1.21 bits per heavy atom. The van der Waals surface area contributed by atoms with Gasteiger partial charge in [0, 0.05) is 60.8 Å². The first kappa shape index (κ1) is 26.8. The molecule has 5 heterocycles. The normalized spacial score (nSPS) is 15.5. The third-order valence-electron chi connectivity index (χ3n) is 6.76. The summed E-state index contributed by atoms with van der Waals surface area (Å²) in [5.74, 6) is -0.720. The molecule has 4 aromatic heterocycles. The van der Waals surface area contributed by atoms with Gasteiger partial charge in [-0.25, -0.2) is 4.98 Å². The standard InChI is InChI=1S/C26H26F3N7O2S/c27-26(28,29)17-10-20(35-25-21(17)22(30)23(39-25)24(31)38)36-8-5-16(6-9-36)33-13-19(37)18-4-3-15(12-34-18)14-2-1-7-32-11-14/h1-4,7,10-12,16,19,33,37H,5-6,8-9,13,30H2,(H2,31,38). The van der Waals surface area contributed by atoms with Crippen molar-refractivity contribution in [2.45, 2.75) is 31.2 Å². The summed E-state index contributed by atoms with van der Waals surface area (Å²) in [6.45, 7) is 1.22. The lowest BCUT2D eigenvalue weighted by Crippen LogP contribution is -2.44. The van der Waals surface area contributed by atoms with Crippen LogP contribution in [-0.4, -0.2) is 51.6 Å². The monoisotopic (exact) mass is 557 g/mol. The molecule has 0 saturated carbocycles. The van der Waals surface area contributed by atoms with Crippen LogP contribution in [0.4, 0.5) is 24.7 Å². The number of aliphatic hydroxyl groups is 1. The van der Waals surface area contributed by atoms with Crippen LogP contribution in [0, 0.1) is 0 Å². The van der Waals surface area contributed by atoms with Crippen LogP contribution in [0.25, 0.3) is 21.3 Å². The third-order valence-corrected chi connectivity index (χ3v) is 7.87. The van der Waals surface area contributed by atoms with Gasteiger partial charge >= 0.3 is 6.18 Å². The van der Waals surface area contributed by atoms with E-state index >= 15 is 0 Å². The number of hydrogen-bond donors (Lipinski definition) is 4. The Bertz CT molecular complexity index is 1470. The van der Waals surface area contributed by atoms with E-state index < -0.39 is 23.8 Å². The number of nitrogen functional groups attached to an aromatic ring is 1. The van der Waals surface area contributed by atoms with Crippen molar-refractivity contribution in [3.8, 4) is 11.1 Å². The minimum absolute atomic E-state index is 0.0246. The highest BCUT2D eigenvalue weighted by atomic mass is 32.1. The van der Waals surface area contributed by atoms with Crippen molar-refractivity contribution in [1.82, 2.24) is 20.3 Å². The molecule has 0 spiro atoms. The highest BCUT2D eigenvalue weighted by Gasteiger charge is 2.37. The van der Waals surface area contributed by atoms with Crippen molar-refractivity contribution < 1.29 is 23.1 Å². The maximum absolute atomic E-state index is 13.9. The van der Waals surface area contributed by atoms with E-state index in [9.17, 15) is 23.1 Å². The SMILES string of the molecule is NC(=O)c1sc2nc(N3CCC(NCC(O)c4ccc(-c5cccnc5)cn4)CC3)cc(C(F)(F)F)c2c1N.